The highest BCUT2D eigenvalue weighted by Gasteiger charge is 2.32. The van der Waals surface area contributed by atoms with E-state index in [0.29, 0.717) is 26.1 Å². The Labute approximate surface area is 161 Å². The van der Waals surface area contributed by atoms with Crippen LogP contribution in [0.5, 0.6) is 0 Å². The van der Waals surface area contributed by atoms with Crippen molar-refractivity contribution in [1.29, 1.82) is 0 Å². The van der Waals surface area contributed by atoms with Gasteiger partial charge in [-0.2, -0.15) is 5.10 Å². The summed E-state index contributed by atoms with van der Waals surface area (Å²) in [6, 6.07) is 0.148. The van der Waals surface area contributed by atoms with Gasteiger partial charge >= 0.3 is 0 Å². The third-order valence-corrected chi connectivity index (χ3v) is 6.11. The van der Waals surface area contributed by atoms with Gasteiger partial charge in [0.1, 0.15) is 16.9 Å². The number of aryl methyl sites for hydroxylation is 4. The maximum absolute atomic E-state index is 14.1. The van der Waals surface area contributed by atoms with Crippen LogP contribution in [0.25, 0.3) is 4.96 Å². The molecule has 3 aromatic heterocycles. The van der Waals surface area contributed by atoms with Crippen molar-refractivity contribution in [2.75, 3.05) is 13.1 Å². The lowest BCUT2D eigenvalue weighted by molar-refractivity contribution is 0.228. The van der Waals surface area contributed by atoms with E-state index in [9.17, 15) is 4.39 Å². The molecule has 1 aliphatic rings. The zero-order valence-electron chi connectivity index (χ0n) is 16.1. The Bertz CT molecular complexity index is 928. The molecule has 0 aromatic carbocycles. The highest BCUT2D eigenvalue weighted by atomic mass is 32.1. The van der Waals surface area contributed by atoms with Crippen molar-refractivity contribution in [3.8, 4) is 0 Å². The third-order valence-electron chi connectivity index (χ3n) is 5.29. The van der Waals surface area contributed by atoms with Gasteiger partial charge in [0.2, 0.25) is 4.96 Å². The average molecular weight is 393 g/mol. The number of likely N-dealkylation sites (tertiary alicyclic amines) is 1. The Balaban J connectivity index is 1.41. The van der Waals surface area contributed by atoms with Crippen molar-refractivity contribution in [2.45, 2.75) is 59.4 Å². The molecule has 146 valence electrons. The molecule has 0 radical (unpaired) electrons. The fraction of sp³-hybridized carbons (Fsp3) is 0.611. The Hall–Kier alpha value is -1.84. The SMILES string of the molecule is Cc1nn2c(CNC[C@@H]3C[C@H](F)CN3Cc3c(C)noc3C)c(C)nc2s1. The van der Waals surface area contributed by atoms with Gasteiger partial charge in [-0.3, -0.25) is 4.90 Å². The normalized spacial score (nSPS) is 20.9. The van der Waals surface area contributed by atoms with Crippen LogP contribution in [0.1, 0.15) is 39.8 Å². The summed E-state index contributed by atoms with van der Waals surface area (Å²) in [5, 5.41) is 13.0. The van der Waals surface area contributed by atoms with Crippen LogP contribution in [-0.4, -0.2) is 50.0 Å². The maximum atomic E-state index is 14.1. The molecule has 27 heavy (non-hydrogen) atoms. The molecule has 2 atom stereocenters. The van der Waals surface area contributed by atoms with E-state index in [4.69, 9.17) is 4.52 Å². The standard InChI is InChI=1S/C18H25FN6OS/c1-10-16(12(3)26-23-10)9-24-8-14(19)5-15(24)6-20-7-17-11(2)21-18-25(17)22-13(4)27-18/h14-15,20H,5-9H2,1-4H3/t14-,15-/m0/s1. The summed E-state index contributed by atoms with van der Waals surface area (Å²) in [5.74, 6) is 0.817. The summed E-state index contributed by atoms with van der Waals surface area (Å²) >= 11 is 1.59. The third kappa shape index (κ3) is 3.63. The smallest absolute Gasteiger partial charge is 0.212 e. The summed E-state index contributed by atoms with van der Waals surface area (Å²) < 4.78 is 21.3. The molecule has 1 N–H and O–H groups in total. The summed E-state index contributed by atoms with van der Waals surface area (Å²) in [6.07, 6.45) is -0.241. The molecule has 0 aliphatic carbocycles. The maximum Gasteiger partial charge on any atom is 0.212 e. The number of halogens is 1. The van der Waals surface area contributed by atoms with Gasteiger partial charge in [0.05, 0.1) is 17.1 Å². The van der Waals surface area contributed by atoms with Gasteiger partial charge in [0, 0.05) is 37.8 Å². The van der Waals surface area contributed by atoms with E-state index < -0.39 is 6.17 Å². The van der Waals surface area contributed by atoms with Crippen LogP contribution in [0.15, 0.2) is 4.52 Å². The molecule has 0 amide bonds. The minimum Gasteiger partial charge on any atom is -0.361 e. The quantitative estimate of drug-likeness (QED) is 0.696. The number of rotatable bonds is 6. The molecular formula is C18H25FN6OS. The van der Waals surface area contributed by atoms with Crippen LogP contribution in [0, 0.1) is 27.7 Å². The summed E-state index contributed by atoms with van der Waals surface area (Å²) in [7, 11) is 0. The van der Waals surface area contributed by atoms with Crippen molar-refractivity contribution < 1.29 is 8.91 Å². The number of nitrogens with zero attached hydrogens (tertiary/aromatic N) is 5. The molecule has 9 heteroatoms. The monoisotopic (exact) mass is 392 g/mol. The zero-order chi connectivity index (χ0) is 19.1. The van der Waals surface area contributed by atoms with E-state index in [1.54, 1.807) is 11.3 Å². The average Bonchev–Trinajstić information content (AvgIpc) is 3.30. The molecule has 1 aliphatic heterocycles. The molecule has 0 bridgehead atoms. The van der Waals surface area contributed by atoms with Crippen molar-refractivity contribution in [3.05, 3.63) is 33.4 Å². The highest BCUT2D eigenvalue weighted by Crippen LogP contribution is 2.25. The predicted molar refractivity (Wildman–Crippen MR) is 102 cm³/mol. The first-order chi connectivity index (χ1) is 12.9. The Morgan fingerprint density at radius 3 is 2.81 bits per heavy atom. The van der Waals surface area contributed by atoms with Crippen LogP contribution < -0.4 is 5.32 Å². The molecular weight excluding hydrogens is 367 g/mol. The second kappa shape index (κ2) is 7.29. The molecule has 4 heterocycles. The van der Waals surface area contributed by atoms with E-state index >= 15 is 0 Å². The second-order valence-electron chi connectivity index (χ2n) is 7.31. The largest absolute Gasteiger partial charge is 0.361 e. The first-order valence-corrected chi connectivity index (χ1v) is 10.1. The second-order valence-corrected chi connectivity index (χ2v) is 8.47. The number of imidazole rings is 1. The number of nitrogens with one attached hydrogen (secondary N) is 1. The predicted octanol–water partition coefficient (Wildman–Crippen LogP) is 2.71. The Kier molecular flexibility index (Phi) is 5.00. The molecule has 4 rings (SSSR count). The van der Waals surface area contributed by atoms with Gasteiger partial charge in [-0.15, -0.1) is 0 Å². The van der Waals surface area contributed by atoms with Crippen LogP contribution in [0.2, 0.25) is 0 Å². The van der Waals surface area contributed by atoms with Crippen molar-refractivity contribution in [2.24, 2.45) is 0 Å². The summed E-state index contributed by atoms with van der Waals surface area (Å²) in [6.45, 7) is 10.4. The van der Waals surface area contributed by atoms with Crippen LogP contribution in [0.4, 0.5) is 4.39 Å². The number of aromatic nitrogens is 4. The summed E-state index contributed by atoms with van der Waals surface area (Å²) in [4.78, 5) is 7.69. The minimum absolute atomic E-state index is 0.148. The number of fused-ring (bicyclic) bond motifs is 1. The first kappa shape index (κ1) is 18.5. The fourth-order valence-corrected chi connectivity index (χ4v) is 4.61. The van der Waals surface area contributed by atoms with Crippen LogP contribution >= 0.6 is 11.3 Å². The zero-order valence-corrected chi connectivity index (χ0v) is 16.9. The van der Waals surface area contributed by atoms with Gasteiger partial charge in [-0.1, -0.05) is 16.5 Å². The number of alkyl halides is 1. The number of hydrogen-bond acceptors (Lipinski definition) is 7. The lowest BCUT2D eigenvalue weighted by atomic mass is 10.1. The Morgan fingerprint density at radius 1 is 1.26 bits per heavy atom. The van der Waals surface area contributed by atoms with Gasteiger partial charge in [-0.25, -0.2) is 13.9 Å². The van der Waals surface area contributed by atoms with Gasteiger partial charge in [-0.05, 0) is 34.1 Å². The molecule has 3 aromatic rings. The lowest BCUT2D eigenvalue weighted by Gasteiger charge is -2.24. The van der Waals surface area contributed by atoms with Crippen molar-refractivity contribution in [1.82, 2.24) is 30.0 Å². The van der Waals surface area contributed by atoms with Crippen LogP contribution in [0.3, 0.4) is 0 Å². The molecule has 1 saturated heterocycles. The lowest BCUT2D eigenvalue weighted by Crippen LogP contribution is -2.37. The molecule has 7 nitrogen and oxygen atoms in total. The molecule has 0 unspecified atom stereocenters. The van der Waals surface area contributed by atoms with E-state index in [2.05, 4.69) is 25.5 Å². The van der Waals surface area contributed by atoms with Gasteiger partial charge in [0.15, 0.2) is 0 Å². The van der Waals surface area contributed by atoms with Gasteiger partial charge in [0.25, 0.3) is 0 Å². The van der Waals surface area contributed by atoms with E-state index in [-0.39, 0.29) is 6.04 Å². The minimum atomic E-state index is -0.790. The molecule has 0 spiro atoms. The topological polar surface area (TPSA) is 71.5 Å². The van der Waals surface area contributed by atoms with E-state index in [1.165, 1.54) is 0 Å². The molecule has 1 fully saturated rings. The first-order valence-electron chi connectivity index (χ1n) is 9.24. The van der Waals surface area contributed by atoms with E-state index in [1.807, 2.05) is 32.2 Å². The van der Waals surface area contributed by atoms with E-state index in [0.717, 1.165) is 44.9 Å². The molecule has 0 saturated carbocycles. The Morgan fingerprint density at radius 2 is 2.07 bits per heavy atom. The highest BCUT2D eigenvalue weighted by molar-refractivity contribution is 7.16. The van der Waals surface area contributed by atoms with Crippen molar-refractivity contribution in [3.63, 3.8) is 0 Å². The van der Waals surface area contributed by atoms with Crippen LogP contribution in [-0.2, 0) is 13.1 Å². The van der Waals surface area contributed by atoms with Crippen molar-refractivity contribution >= 4 is 16.3 Å². The fourth-order valence-electron chi connectivity index (χ4n) is 3.81. The summed E-state index contributed by atoms with van der Waals surface area (Å²) in [5.41, 5.74) is 4.02. The number of hydrogen-bond donors (Lipinski definition) is 1. The van der Waals surface area contributed by atoms with Gasteiger partial charge < -0.3 is 9.84 Å².